The van der Waals surface area contributed by atoms with Gasteiger partial charge in [0.15, 0.2) is 0 Å². The molecule has 0 saturated heterocycles. The van der Waals surface area contributed by atoms with Crippen LogP contribution in [0.2, 0.25) is 0 Å². The van der Waals surface area contributed by atoms with E-state index in [1.54, 1.807) is 24.3 Å². The summed E-state index contributed by atoms with van der Waals surface area (Å²) in [6, 6.07) is 9.42. The summed E-state index contributed by atoms with van der Waals surface area (Å²) in [5.74, 6) is -0.256. The van der Waals surface area contributed by atoms with E-state index in [2.05, 4.69) is 5.32 Å². The van der Waals surface area contributed by atoms with Gasteiger partial charge in [0.05, 0.1) is 12.7 Å². The maximum atomic E-state index is 13.0. The summed E-state index contributed by atoms with van der Waals surface area (Å²) in [5, 5.41) is 2.87. The molecule has 0 saturated carbocycles. The fourth-order valence-electron chi connectivity index (χ4n) is 1.87. The molecule has 0 amide bonds. The van der Waals surface area contributed by atoms with Gasteiger partial charge in [-0.25, -0.2) is 4.39 Å². The number of anilines is 1. The van der Waals surface area contributed by atoms with Gasteiger partial charge in [-0.1, -0.05) is 6.07 Å². The highest BCUT2D eigenvalue weighted by atomic mass is 19.4. The van der Waals surface area contributed by atoms with E-state index in [1.807, 2.05) is 0 Å². The quantitative estimate of drug-likeness (QED) is 0.841. The number of nitrogens with one attached hydrogen (secondary N) is 1. The summed E-state index contributed by atoms with van der Waals surface area (Å²) in [7, 11) is 1.52. The molecule has 2 rings (SSSR count). The van der Waals surface area contributed by atoms with Crippen LogP contribution in [0.5, 0.6) is 5.75 Å². The zero-order chi connectivity index (χ0) is 15.5. The van der Waals surface area contributed by atoms with Crippen LogP contribution in [0, 0.1) is 5.82 Å². The molecule has 2 nitrogen and oxygen atoms in total. The van der Waals surface area contributed by atoms with E-state index >= 15 is 0 Å². The van der Waals surface area contributed by atoms with Gasteiger partial charge in [-0.3, -0.25) is 0 Å². The first-order valence-corrected chi connectivity index (χ1v) is 6.13. The molecule has 2 aromatic carbocycles. The van der Waals surface area contributed by atoms with Crippen molar-refractivity contribution in [3.8, 4) is 5.75 Å². The number of halogens is 4. The van der Waals surface area contributed by atoms with E-state index in [1.165, 1.54) is 7.11 Å². The summed E-state index contributed by atoms with van der Waals surface area (Å²) < 4.78 is 56.5. The number of hydrogen-bond acceptors (Lipinski definition) is 2. The Balaban J connectivity index is 2.15. The zero-order valence-corrected chi connectivity index (χ0v) is 11.2. The van der Waals surface area contributed by atoms with Crippen LogP contribution in [0.3, 0.4) is 0 Å². The fraction of sp³-hybridized carbons (Fsp3) is 0.200. The van der Waals surface area contributed by atoms with Crippen LogP contribution in [0.4, 0.5) is 23.2 Å². The normalized spacial score (nSPS) is 11.3. The number of alkyl halides is 3. The van der Waals surface area contributed by atoms with Crippen molar-refractivity contribution in [1.82, 2.24) is 0 Å². The second-order valence-corrected chi connectivity index (χ2v) is 4.38. The molecule has 2 aromatic rings. The van der Waals surface area contributed by atoms with Crippen LogP contribution in [0.25, 0.3) is 0 Å². The van der Waals surface area contributed by atoms with Crippen molar-refractivity contribution in [3.63, 3.8) is 0 Å². The highest BCUT2D eigenvalue weighted by Crippen LogP contribution is 2.33. The molecule has 0 unspecified atom stereocenters. The lowest BCUT2D eigenvalue weighted by Crippen LogP contribution is -2.12. The summed E-state index contributed by atoms with van der Waals surface area (Å²) in [4.78, 5) is 0. The molecule has 0 heterocycles. The molecule has 0 bridgehead atoms. The predicted molar refractivity (Wildman–Crippen MR) is 71.7 cm³/mol. The van der Waals surface area contributed by atoms with Gasteiger partial charge in [0.1, 0.15) is 11.6 Å². The number of hydrogen-bond donors (Lipinski definition) is 1. The maximum Gasteiger partial charge on any atom is 0.416 e. The van der Waals surface area contributed by atoms with Gasteiger partial charge in [-0.15, -0.1) is 0 Å². The summed E-state index contributed by atoms with van der Waals surface area (Å²) in [5.41, 5.74) is -0.337. The first kappa shape index (κ1) is 15.2. The average Bonchev–Trinajstić information content (AvgIpc) is 2.45. The van der Waals surface area contributed by atoms with Crippen LogP contribution in [-0.2, 0) is 12.7 Å². The van der Waals surface area contributed by atoms with E-state index in [0.29, 0.717) is 17.5 Å². The minimum atomic E-state index is -4.58. The number of ether oxygens (including phenoxy) is 1. The highest BCUT2D eigenvalue weighted by Gasteiger charge is 2.33. The first-order chi connectivity index (χ1) is 9.90. The largest absolute Gasteiger partial charge is 0.497 e. The third-order valence-corrected chi connectivity index (χ3v) is 2.95. The summed E-state index contributed by atoms with van der Waals surface area (Å²) >= 11 is 0. The van der Waals surface area contributed by atoms with Crippen molar-refractivity contribution in [3.05, 3.63) is 59.4 Å². The Kier molecular flexibility index (Phi) is 4.35. The van der Waals surface area contributed by atoms with E-state index < -0.39 is 17.6 Å². The second-order valence-electron chi connectivity index (χ2n) is 4.38. The van der Waals surface area contributed by atoms with Crippen molar-refractivity contribution in [2.24, 2.45) is 0 Å². The molecule has 0 aliphatic rings. The van der Waals surface area contributed by atoms with E-state index in [9.17, 15) is 17.6 Å². The topological polar surface area (TPSA) is 21.3 Å². The minimum absolute atomic E-state index is 0.0141. The van der Waals surface area contributed by atoms with E-state index in [0.717, 1.165) is 12.1 Å². The fourth-order valence-corrected chi connectivity index (χ4v) is 1.87. The summed E-state index contributed by atoms with van der Waals surface area (Å²) in [6.07, 6.45) is -4.58. The Hall–Kier alpha value is -2.24. The summed E-state index contributed by atoms with van der Waals surface area (Å²) in [6.45, 7) is -0.0541. The lowest BCUT2D eigenvalue weighted by Gasteiger charge is -2.14. The molecule has 0 radical (unpaired) electrons. The molecule has 112 valence electrons. The molecule has 0 fully saturated rings. The SMILES string of the molecule is COc1ccc(NCc2ccc(F)cc2C(F)(F)F)cc1. The van der Waals surface area contributed by atoms with Gasteiger partial charge in [-0.05, 0) is 42.0 Å². The minimum Gasteiger partial charge on any atom is -0.497 e. The third kappa shape index (κ3) is 3.87. The number of methoxy groups -OCH3 is 1. The Bertz CT molecular complexity index is 608. The predicted octanol–water partition coefficient (Wildman–Crippen LogP) is 4.47. The smallest absolute Gasteiger partial charge is 0.416 e. The molecule has 0 aliphatic carbocycles. The van der Waals surface area contributed by atoms with Crippen LogP contribution >= 0.6 is 0 Å². The van der Waals surface area contributed by atoms with Crippen LogP contribution in [-0.4, -0.2) is 7.11 Å². The van der Waals surface area contributed by atoms with Crippen molar-refractivity contribution < 1.29 is 22.3 Å². The van der Waals surface area contributed by atoms with Gasteiger partial charge in [0, 0.05) is 12.2 Å². The molecule has 0 aliphatic heterocycles. The van der Waals surface area contributed by atoms with Gasteiger partial charge >= 0.3 is 6.18 Å². The molecule has 6 heteroatoms. The Morgan fingerprint density at radius 3 is 2.29 bits per heavy atom. The molecular weight excluding hydrogens is 286 g/mol. The molecule has 1 N–H and O–H groups in total. The lowest BCUT2D eigenvalue weighted by molar-refractivity contribution is -0.138. The number of rotatable bonds is 4. The van der Waals surface area contributed by atoms with Crippen molar-refractivity contribution >= 4 is 5.69 Å². The molecular formula is C15H13F4NO. The van der Waals surface area contributed by atoms with Gasteiger partial charge in [0.2, 0.25) is 0 Å². The Morgan fingerprint density at radius 1 is 1.05 bits per heavy atom. The average molecular weight is 299 g/mol. The highest BCUT2D eigenvalue weighted by molar-refractivity contribution is 5.47. The van der Waals surface area contributed by atoms with Crippen molar-refractivity contribution in [1.29, 1.82) is 0 Å². The van der Waals surface area contributed by atoms with Crippen molar-refractivity contribution in [2.45, 2.75) is 12.7 Å². The molecule has 21 heavy (non-hydrogen) atoms. The van der Waals surface area contributed by atoms with Crippen LogP contribution in [0.15, 0.2) is 42.5 Å². The number of benzene rings is 2. The third-order valence-electron chi connectivity index (χ3n) is 2.95. The van der Waals surface area contributed by atoms with Crippen molar-refractivity contribution in [2.75, 3.05) is 12.4 Å². The standard InChI is InChI=1S/C15H13F4NO/c1-21-13-6-4-12(5-7-13)20-9-10-2-3-11(16)8-14(10)15(17,18)19/h2-8,20H,9H2,1H3. The maximum absolute atomic E-state index is 13.0. The molecule has 0 aromatic heterocycles. The Morgan fingerprint density at radius 2 is 1.71 bits per heavy atom. The zero-order valence-electron chi connectivity index (χ0n) is 11.2. The van der Waals surface area contributed by atoms with Gasteiger partial charge < -0.3 is 10.1 Å². The monoisotopic (exact) mass is 299 g/mol. The molecule has 0 atom stereocenters. The van der Waals surface area contributed by atoms with Crippen LogP contribution < -0.4 is 10.1 Å². The Labute approximate surface area is 119 Å². The van der Waals surface area contributed by atoms with E-state index in [4.69, 9.17) is 4.74 Å². The first-order valence-electron chi connectivity index (χ1n) is 6.13. The van der Waals surface area contributed by atoms with Crippen LogP contribution in [0.1, 0.15) is 11.1 Å². The van der Waals surface area contributed by atoms with E-state index in [-0.39, 0.29) is 12.1 Å². The van der Waals surface area contributed by atoms with Gasteiger partial charge in [0.25, 0.3) is 0 Å². The lowest BCUT2D eigenvalue weighted by atomic mass is 10.1. The second kappa shape index (κ2) is 6.03. The molecule has 0 spiro atoms. The van der Waals surface area contributed by atoms with Gasteiger partial charge in [-0.2, -0.15) is 13.2 Å².